The molecule has 0 fully saturated rings. The maximum atomic E-state index is 12.1. The highest BCUT2D eigenvalue weighted by Gasteiger charge is 2.24. The maximum absolute atomic E-state index is 12.1. The van der Waals surface area contributed by atoms with Crippen LogP contribution in [0, 0.1) is 5.92 Å². The van der Waals surface area contributed by atoms with E-state index in [1.807, 2.05) is 24.3 Å². The summed E-state index contributed by atoms with van der Waals surface area (Å²) in [7, 11) is 0. The Morgan fingerprint density at radius 2 is 2.17 bits per heavy atom. The summed E-state index contributed by atoms with van der Waals surface area (Å²) in [6.07, 6.45) is 3.91. The predicted molar refractivity (Wildman–Crippen MR) is 87.6 cm³/mol. The van der Waals surface area contributed by atoms with Gasteiger partial charge in [0.2, 0.25) is 5.88 Å². The molecule has 1 aromatic heterocycles. The van der Waals surface area contributed by atoms with Gasteiger partial charge in [0.25, 0.3) is 5.91 Å². The fourth-order valence-electron chi connectivity index (χ4n) is 2.81. The molecule has 1 atom stereocenters. The van der Waals surface area contributed by atoms with Crippen LogP contribution in [-0.2, 0) is 24.1 Å². The third kappa shape index (κ3) is 3.73. The lowest BCUT2D eigenvalue weighted by Crippen LogP contribution is -2.21. The number of amides is 1. The van der Waals surface area contributed by atoms with Crippen molar-refractivity contribution >= 4 is 11.8 Å². The van der Waals surface area contributed by atoms with E-state index in [4.69, 9.17) is 9.26 Å². The lowest BCUT2D eigenvalue weighted by molar-refractivity contribution is -0.118. The molecule has 2 aromatic rings. The minimum atomic E-state index is -0.234. The van der Waals surface area contributed by atoms with Crippen LogP contribution in [0.2, 0.25) is 0 Å². The molecule has 1 amide bonds. The summed E-state index contributed by atoms with van der Waals surface area (Å²) in [6, 6.07) is 7.76. The van der Waals surface area contributed by atoms with Crippen LogP contribution >= 0.6 is 0 Å². The summed E-state index contributed by atoms with van der Waals surface area (Å²) in [5.41, 5.74) is 3.24. The van der Waals surface area contributed by atoms with Crippen LogP contribution in [-0.4, -0.2) is 17.7 Å². The molecule has 1 N–H and O–H groups in total. The Morgan fingerprint density at radius 1 is 1.39 bits per heavy atom. The summed E-state index contributed by atoms with van der Waals surface area (Å²) < 4.78 is 10.8. The number of rotatable bonds is 5. The number of hydrogen-bond donors (Lipinski definition) is 1. The highest BCUT2D eigenvalue weighted by molar-refractivity contribution is 5.91. The van der Waals surface area contributed by atoms with Crippen LogP contribution in [0.3, 0.4) is 0 Å². The van der Waals surface area contributed by atoms with E-state index in [-0.39, 0.29) is 12.5 Å². The Hall–Kier alpha value is -2.30. The highest BCUT2D eigenvalue weighted by atomic mass is 16.5. The molecule has 122 valence electrons. The Kier molecular flexibility index (Phi) is 4.65. The SMILES string of the molecule is CCc1ccc(OCC(=O)Nc2onc3c2C[C@H](C)CC3)cc1. The van der Waals surface area contributed by atoms with Gasteiger partial charge in [0.1, 0.15) is 5.75 Å². The van der Waals surface area contributed by atoms with Gasteiger partial charge in [0, 0.05) is 5.56 Å². The minimum Gasteiger partial charge on any atom is -0.484 e. The second kappa shape index (κ2) is 6.86. The van der Waals surface area contributed by atoms with Gasteiger partial charge in [-0.1, -0.05) is 31.1 Å². The van der Waals surface area contributed by atoms with Gasteiger partial charge in [0.15, 0.2) is 6.61 Å². The Labute approximate surface area is 136 Å². The van der Waals surface area contributed by atoms with E-state index < -0.39 is 0 Å². The number of fused-ring (bicyclic) bond motifs is 1. The van der Waals surface area contributed by atoms with Crippen molar-refractivity contribution in [3.63, 3.8) is 0 Å². The number of aryl methyl sites for hydroxylation is 2. The third-order valence-corrected chi connectivity index (χ3v) is 4.25. The molecule has 1 aliphatic rings. The first-order valence-corrected chi connectivity index (χ1v) is 8.14. The molecule has 0 spiro atoms. The number of ether oxygens (including phenoxy) is 1. The van der Waals surface area contributed by atoms with Crippen LogP contribution in [0.25, 0.3) is 0 Å². The number of hydrogen-bond acceptors (Lipinski definition) is 4. The van der Waals surface area contributed by atoms with Crippen LogP contribution < -0.4 is 10.1 Å². The molecule has 1 aliphatic carbocycles. The van der Waals surface area contributed by atoms with Crippen molar-refractivity contribution in [2.75, 3.05) is 11.9 Å². The van der Waals surface area contributed by atoms with Crippen LogP contribution in [0.15, 0.2) is 28.8 Å². The van der Waals surface area contributed by atoms with Crippen molar-refractivity contribution in [3.8, 4) is 5.75 Å². The van der Waals surface area contributed by atoms with Gasteiger partial charge in [0.05, 0.1) is 5.69 Å². The fraction of sp³-hybridized carbons (Fsp3) is 0.444. The topological polar surface area (TPSA) is 64.4 Å². The molecule has 1 aromatic carbocycles. The molecule has 23 heavy (non-hydrogen) atoms. The average Bonchev–Trinajstić information content (AvgIpc) is 2.95. The maximum Gasteiger partial charge on any atom is 0.264 e. The first-order valence-electron chi connectivity index (χ1n) is 8.14. The summed E-state index contributed by atoms with van der Waals surface area (Å²) in [5.74, 6) is 1.51. The molecule has 1 heterocycles. The quantitative estimate of drug-likeness (QED) is 0.919. The first-order chi connectivity index (χ1) is 11.2. The van der Waals surface area contributed by atoms with Crippen molar-refractivity contribution in [2.24, 2.45) is 5.92 Å². The highest BCUT2D eigenvalue weighted by Crippen LogP contribution is 2.30. The summed E-state index contributed by atoms with van der Waals surface area (Å²) in [6.45, 7) is 4.25. The molecule has 0 saturated heterocycles. The standard InChI is InChI=1S/C18H22N2O3/c1-3-13-5-7-14(8-6-13)22-11-17(21)19-18-15-10-12(2)4-9-16(15)20-23-18/h5-8,12H,3-4,9-11H2,1-2H3,(H,19,21)/t12-/m1/s1. The summed E-state index contributed by atoms with van der Waals surface area (Å²) in [4.78, 5) is 12.1. The molecule has 5 nitrogen and oxygen atoms in total. The van der Waals surface area contributed by atoms with Gasteiger partial charge in [-0.05, 0) is 49.3 Å². The minimum absolute atomic E-state index is 0.0451. The molecule has 0 radical (unpaired) electrons. The van der Waals surface area contributed by atoms with E-state index in [1.54, 1.807) is 0 Å². The van der Waals surface area contributed by atoms with E-state index in [0.717, 1.165) is 36.9 Å². The normalized spacial score (nSPS) is 16.7. The summed E-state index contributed by atoms with van der Waals surface area (Å²) in [5, 5.41) is 6.82. The van der Waals surface area contributed by atoms with Gasteiger partial charge in [-0.2, -0.15) is 0 Å². The van der Waals surface area contributed by atoms with Crippen molar-refractivity contribution in [1.29, 1.82) is 0 Å². The zero-order chi connectivity index (χ0) is 16.2. The second-order valence-electron chi connectivity index (χ2n) is 6.12. The zero-order valence-electron chi connectivity index (χ0n) is 13.6. The molecule has 0 saturated carbocycles. The van der Waals surface area contributed by atoms with Crippen LogP contribution in [0.5, 0.6) is 5.75 Å². The van der Waals surface area contributed by atoms with Gasteiger partial charge < -0.3 is 9.26 Å². The Balaban J connectivity index is 1.56. The molecule has 3 rings (SSSR count). The number of nitrogens with one attached hydrogen (secondary N) is 1. The van der Waals surface area contributed by atoms with E-state index in [0.29, 0.717) is 17.6 Å². The van der Waals surface area contributed by atoms with Gasteiger partial charge in [-0.25, -0.2) is 0 Å². The number of benzene rings is 1. The lowest BCUT2D eigenvalue weighted by Gasteiger charge is -2.16. The van der Waals surface area contributed by atoms with Crippen molar-refractivity contribution in [1.82, 2.24) is 5.16 Å². The number of nitrogens with zero attached hydrogens (tertiary/aromatic N) is 1. The zero-order valence-corrected chi connectivity index (χ0v) is 13.6. The van der Waals surface area contributed by atoms with E-state index in [1.165, 1.54) is 5.56 Å². The largest absolute Gasteiger partial charge is 0.484 e. The smallest absolute Gasteiger partial charge is 0.264 e. The molecular weight excluding hydrogens is 292 g/mol. The molecular formula is C18H22N2O3. The molecule has 0 unspecified atom stereocenters. The summed E-state index contributed by atoms with van der Waals surface area (Å²) >= 11 is 0. The number of anilines is 1. The Morgan fingerprint density at radius 3 is 2.91 bits per heavy atom. The first kappa shape index (κ1) is 15.6. The molecule has 0 bridgehead atoms. The average molecular weight is 314 g/mol. The predicted octanol–water partition coefficient (Wildman–Crippen LogP) is 3.38. The second-order valence-corrected chi connectivity index (χ2v) is 6.12. The number of carbonyl (C=O) groups excluding carboxylic acids is 1. The fourth-order valence-corrected chi connectivity index (χ4v) is 2.81. The van der Waals surface area contributed by atoms with E-state index >= 15 is 0 Å². The van der Waals surface area contributed by atoms with Crippen molar-refractivity contribution in [3.05, 3.63) is 41.1 Å². The van der Waals surface area contributed by atoms with Gasteiger partial charge in [-0.3, -0.25) is 10.1 Å². The number of carbonyl (C=O) groups is 1. The van der Waals surface area contributed by atoms with E-state index in [9.17, 15) is 4.79 Å². The van der Waals surface area contributed by atoms with Crippen LogP contribution in [0.4, 0.5) is 5.88 Å². The van der Waals surface area contributed by atoms with E-state index in [2.05, 4.69) is 24.3 Å². The van der Waals surface area contributed by atoms with Crippen molar-refractivity contribution < 1.29 is 14.1 Å². The molecule has 5 heteroatoms. The van der Waals surface area contributed by atoms with Crippen molar-refractivity contribution in [2.45, 2.75) is 39.5 Å². The van der Waals surface area contributed by atoms with Crippen LogP contribution in [0.1, 0.15) is 37.1 Å². The molecule has 0 aliphatic heterocycles. The third-order valence-electron chi connectivity index (χ3n) is 4.25. The van der Waals surface area contributed by atoms with Gasteiger partial charge >= 0.3 is 0 Å². The van der Waals surface area contributed by atoms with Gasteiger partial charge in [-0.15, -0.1) is 0 Å². The number of aromatic nitrogens is 1. The monoisotopic (exact) mass is 314 g/mol. The lowest BCUT2D eigenvalue weighted by atomic mass is 9.89. The Bertz CT molecular complexity index is 676.